The summed E-state index contributed by atoms with van der Waals surface area (Å²) in [6, 6.07) is 6.10. The highest BCUT2D eigenvalue weighted by molar-refractivity contribution is 7.13. The van der Waals surface area contributed by atoms with E-state index in [2.05, 4.69) is 15.6 Å². The average molecular weight is 335 g/mol. The molecule has 2 aromatic rings. The Morgan fingerprint density at radius 2 is 2.22 bits per heavy atom. The molecule has 5 nitrogen and oxygen atoms in total. The third-order valence-electron chi connectivity index (χ3n) is 4.15. The quantitative estimate of drug-likeness (QED) is 0.799. The Morgan fingerprint density at radius 1 is 1.43 bits per heavy atom. The van der Waals surface area contributed by atoms with Gasteiger partial charge in [-0.25, -0.2) is 9.37 Å². The second-order valence-electron chi connectivity index (χ2n) is 5.63. The van der Waals surface area contributed by atoms with Crippen LogP contribution in [0.4, 0.5) is 9.52 Å². The van der Waals surface area contributed by atoms with Gasteiger partial charge in [-0.2, -0.15) is 0 Å². The molecular weight excluding hydrogens is 317 g/mol. The molecule has 0 spiro atoms. The summed E-state index contributed by atoms with van der Waals surface area (Å²) in [5, 5.41) is 17.4. The molecule has 23 heavy (non-hydrogen) atoms. The standard InChI is InChI=1S/C16H18FN3O2S/c17-12-4-2-11(3-5-12)16(6-1-7-18-10-16)14(22)20-15-19-13(8-21)9-23-15/h2-5,9,18,21H,1,6-8,10H2,(H,19,20,22)/t16-/m1/s1. The molecular formula is C16H18FN3O2S. The number of hydrogen-bond donors (Lipinski definition) is 3. The normalized spacial score (nSPS) is 21.1. The Hall–Kier alpha value is -1.83. The predicted molar refractivity (Wildman–Crippen MR) is 86.8 cm³/mol. The van der Waals surface area contributed by atoms with Gasteiger partial charge in [-0.05, 0) is 37.1 Å². The Balaban J connectivity index is 1.88. The van der Waals surface area contributed by atoms with Crippen molar-refractivity contribution < 1.29 is 14.3 Å². The first-order valence-electron chi connectivity index (χ1n) is 7.47. The lowest BCUT2D eigenvalue weighted by molar-refractivity contribution is -0.122. The van der Waals surface area contributed by atoms with Gasteiger partial charge in [-0.15, -0.1) is 11.3 Å². The summed E-state index contributed by atoms with van der Waals surface area (Å²) < 4.78 is 13.2. The number of anilines is 1. The SMILES string of the molecule is O=C(Nc1nc(CO)cs1)[C@]1(c2ccc(F)cc2)CCCNC1. The third kappa shape index (κ3) is 3.26. The first kappa shape index (κ1) is 16.0. The van der Waals surface area contributed by atoms with Crippen LogP contribution in [-0.4, -0.2) is 29.1 Å². The average Bonchev–Trinajstić information content (AvgIpc) is 3.03. The summed E-state index contributed by atoms with van der Waals surface area (Å²) in [6.07, 6.45) is 1.56. The molecule has 0 bridgehead atoms. The third-order valence-corrected chi connectivity index (χ3v) is 4.96. The number of benzene rings is 1. The van der Waals surface area contributed by atoms with E-state index in [9.17, 15) is 9.18 Å². The molecule has 1 aromatic heterocycles. The van der Waals surface area contributed by atoms with Crippen LogP contribution in [0.5, 0.6) is 0 Å². The molecule has 1 fully saturated rings. The predicted octanol–water partition coefficient (Wildman–Crippen LogP) is 2.03. The Morgan fingerprint density at radius 3 is 2.83 bits per heavy atom. The number of halogens is 1. The fourth-order valence-corrected chi connectivity index (χ4v) is 3.60. The molecule has 0 radical (unpaired) electrons. The summed E-state index contributed by atoms with van der Waals surface area (Å²) in [5.74, 6) is -0.476. The first-order chi connectivity index (χ1) is 11.1. The number of carbonyl (C=O) groups excluding carboxylic acids is 1. The topological polar surface area (TPSA) is 74.2 Å². The highest BCUT2D eigenvalue weighted by Gasteiger charge is 2.41. The first-order valence-corrected chi connectivity index (χ1v) is 8.35. The van der Waals surface area contributed by atoms with Crippen molar-refractivity contribution in [3.05, 3.63) is 46.7 Å². The van der Waals surface area contributed by atoms with Crippen molar-refractivity contribution in [2.75, 3.05) is 18.4 Å². The van der Waals surface area contributed by atoms with Crippen molar-refractivity contribution in [1.82, 2.24) is 10.3 Å². The van der Waals surface area contributed by atoms with Crippen LogP contribution < -0.4 is 10.6 Å². The van der Waals surface area contributed by atoms with Gasteiger partial charge in [0.2, 0.25) is 5.91 Å². The number of aliphatic hydroxyl groups is 1. The Bertz CT molecular complexity index is 681. The molecule has 0 unspecified atom stereocenters. The molecule has 7 heteroatoms. The summed E-state index contributed by atoms with van der Waals surface area (Å²) in [6.45, 7) is 1.21. The van der Waals surface area contributed by atoms with Crippen molar-refractivity contribution in [3.8, 4) is 0 Å². The lowest BCUT2D eigenvalue weighted by Crippen LogP contribution is -2.51. The zero-order chi connectivity index (χ0) is 16.3. The maximum atomic E-state index is 13.2. The van der Waals surface area contributed by atoms with E-state index < -0.39 is 5.41 Å². The number of nitrogens with one attached hydrogen (secondary N) is 2. The fraction of sp³-hybridized carbons (Fsp3) is 0.375. The molecule has 0 aliphatic carbocycles. The van der Waals surface area contributed by atoms with Crippen molar-refractivity contribution in [2.45, 2.75) is 24.9 Å². The number of thiazole rings is 1. The number of rotatable bonds is 4. The molecule has 1 amide bonds. The van der Waals surface area contributed by atoms with Crippen LogP contribution in [0.3, 0.4) is 0 Å². The van der Waals surface area contributed by atoms with Gasteiger partial charge in [0, 0.05) is 11.9 Å². The van der Waals surface area contributed by atoms with Crippen LogP contribution in [0.15, 0.2) is 29.6 Å². The van der Waals surface area contributed by atoms with E-state index in [1.807, 2.05) is 0 Å². The van der Waals surface area contributed by atoms with Crippen molar-refractivity contribution >= 4 is 22.4 Å². The second kappa shape index (κ2) is 6.74. The Labute approximate surface area is 137 Å². The van der Waals surface area contributed by atoms with E-state index >= 15 is 0 Å². The number of hydrogen-bond acceptors (Lipinski definition) is 5. The highest BCUT2D eigenvalue weighted by atomic mass is 32.1. The molecule has 3 N–H and O–H groups in total. The van der Waals surface area contributed by atoms with E-state index in [0.717, 1.165) is 18.5 Å². The largest absolute Gasteiger partial charge is 0.390 e. The van der Waals surface area contributed by atoms with Crippen LogP contribution in [-0.2, 0) is 16.8 Å². The van der Waals surface area contributed by atoms with Crippen LogP contribution in [0, 0.1) is 5.82 Å². The number of piperidine rings is 1. The van der Waals surface area contributed by atoms with Crippen LogP contribution >= 0.6 is 11.3 Å². The number of carbonyl (C=O) groups is 1. The lowest BCUT2D eigenvalue weighted by Gasteiger charge is -2.36. The minimum atomic E-state index is -0.739. The molecule has 122 valence electrons. The van der Waals surface area contributed by atoms with E-state index in [0.29, 0.717) is 23.8 Å². The summed E-state index contributed by atoms with van der Waals surface area (Å²) in [7, 11) is 0. The van der Waals surface area contributed by atoms with Crippen LogP contribution in [0.1, 0.15) is 24.1 Å². The summed E-state index contributed by atoms with van der Waals surface area (Å²) in [4.78, 5) is 17.1. The lowest BCUT2D eigenvalue weighted by atomic mass is 9.74. The smallest absolute Gasteiger partial charge is 0.238 e. The molecule has 2 heterocycles. The second-order valence-corrected chi connectivity index (χ2v) is 6.48. The van der Waals surface area contributed by atoms with Crippen molar-refractivity contribution in [1.29, 1.82) is 0 Å². The van der Waals surface area contributed by atoms with Crippen LogP contribution in [0.25, 0.3) is 0 Å². The molecule has 1 atom stereocenters. The van der Waals surface area contributed by atoms with E-state index in [1.54, 1.807) is 17.5 Å². The number of aromatic nitrogens is 1. The minimum absolute atomic E-state index is 0.156. The van der Waals surface area contributed by atoms with E-state index in [1.165, 1.54) is 23.5 Å². The maximum absolute atomic E-state index is 13.2. The van der Waals surface area contributed by atoms with Crippen molar-refractivity contribution in [2.24, 2.45) is 0 Å². The zero-order valence-electron chi connectivity index (χ0n) is 12.5. The number of amides is 1. The molecule has 1 saturated heterocycles. The van der Waals surface area contributed by atoms with Crippen molar-refractivity contribution in [3.63, 3.8) is 0 Å². The van der Waals surface area contributed by atoms with Gasteiger partial charge >= 0.3 is 0 Å². The minimum Gasteiger partial charge on any atom is -0.390 e. The Kier molecular flexibility index (Phi) is 4.70. The van der Waals surface area contributed by atoms with Gasteiger partial charge in [0.1, 0.15) is 5.82 Å². The van der Waals surface area contributed by atoms with Gasteiger partial charge in [0.05, 0.1) is 17.7 Å². The van der Waals surface area contributed by atoms with Gasteiger partial charge in [-0.3, -0.25) is 4.79 Å². The monoisotopic (exact) mass is 335 g/mol. The van der Waals surface area contributed by atoms with E-state index in [-0.39, 0.29) is 18.3 Å². The number of nitrogens with zero attached hydrogens (tertiary/aromatic N) is 1. The summed E-state index contributed by atoms with van der Waals surface area (Å²) >= 11 is 1.28. The molecule has 0 saturated carbocycles. The molecule has 3 rings (SSSR count). The van der Waals surface area contributed by atoms with Crippen LogP contribution in [0.2, 0.25) is 0 Å². The summed E-state index contributed by atoms with van der Waals surface area (Å²) in [5.41, 5.74) is 0.585. The van der Waals surface area contributed by atoms with Gasteiger partial charge in [0.25, 0.3) is 0 Å². The zero-order valence-corrected chi connectivity index (χ0v) is 13.3. The fourth-order valence-electron chi connectivity index (χ4n) is 2.90. The maximum Gasteiger partial charge on any atom is 0.238 e. The van der Waals surface area contributed by atoms with Gasteiger partial charge in [0.15, 0.2) is 5.13 Å². The highest BCUT2D eigenvalue weighted by Crippen LogP contribution is 2.33. The molecule has 1 aliphatic rings. The number of aliphatic hydroxyl groups excluding tert-OH is 1. The molecule has 1 aromatic carbocycles. The molecule has 1 aliphatic heterocycles. The van der Waals surface area contributed by atoms with Gasteiger partial charge < -0.3 is 15.7 Å². The van der Waals surface area contributed by atoms with E-state index in [4.69, 9.17) is 5.11 Å². The van der Waals surface area contributed by atoms with Gasteiger partial charge in [-0.1, -0.05) is 12.1 Å².